The molecule has 0 aromatic carbocycles. The second-order valence-corrected chi connectivity index (χ2v) is 7.26. The summed E-state index contributed by atoms with van der Waals surface area (Å²) < 4.78 is 6.44. The van der Waals surface area contributed by atoms with Gasteiger partial charge in [-0.2, -0.15) is 0 Å². The van der Waals surface area contributed by atoms with Gasteiger partial charge in [0, 0.05) is 30.4 Å². The highest BCUT2D eigenvalue weighted by Gasteiger charge is 2.28. The quantitative estimate of drug-likeness (QED) is 0.479. The molecular weight excluding hydrogens is 334 g/mol. The molecule has 0 fully saturated rings. The van der Waals surface area contributed by atoms with Crippen LogP contribution in [0.1, 0.15) is 52.9 Å². The van der Waals surface area contributed by atoms with E-state index in [1.54, 1.807) is 31.5 Å². The van der Waals surface area contributed by atoms with Crippen LogP contribution in [-0.2, 0) is 11.8 Å². The van der Waals surface area contributed by atoms with Crippen LogP contribution < -0.4 is 5.32 Å². The molecule has 0 saturated carbocycles. The van der Waals surface area contributed by atoms with Crippen molar-refractivity contribution in [2.45, 2.75) is 40.2 Å². The number of Topliss-reactive ketones (excluding diaryl/α,β-unsaturated/α-hetero) is 1. The summed E-state index contributed by atoms with van der Waals surface area (Å²) >= 11 is 0. The second kappa shape index (κ2) is 8.21. The minimum absolute atomic E-state index is 0.111. The smallest absolute Gasteiger partial charge is 0.354 e. The lowest BCUT2D eigenvalue weighted by atomic mass is 10.1. The van der Waals surface area contributed by atoms with E-state index in [4.69, 9.17) is 4.74 Å². The highest BCUT2D eigenvalue weighted by molar-refractivity contribution is 6.04. The molecule has 0 saturated heterocycles. The van der Waals surface area contributed by atoms with E-state index in [-0.39, 0.29) is 24.9 Å². The van der Waals surface area contributed by atoms with Gasteiger partial charge < -0.3 is 19.5 Å². The topological polar surface area (TPSA) is 80.6 Å². The molecule has 7 nitrogen and oxygen atoms in total. The monoisotopic (exact) mass is 363 g/mol. The number of amides is 2. The SMILES string of the molecule is C=CCN(CC(=O)c1c(C)c(C(=O)OC)n(C)c1C)C(=O)NC(C)(C)C. The molecular formula is C19H29N3O4. The van der Waals surface area contributed by atoms with Crippen molar-refractivity contribution >= 4 is 17.8 Å². The van der Waals surface area contributed by atoms with Crippen LogP contribution >= 0.6 is 0 Å². The van der Waals surface area contributed by atoms with Crippen LogP contribution in [0, 0.1) is 13.8 Å². The maximum absolute atomic E-state index is 12.9. The zero-order chi connectivity index (χ0) is 20.2. The maximum atomic E-state index is 12.9. The first-order chi connectivity index (χ1) is 11.9. The molecule has 1 aromatic rings. The summed E-state index contributed by atoms with van der Waals surface area (Å²) in [5.41, 5.74) is 1.56. The van der Waals surface area contributed by atoms with Crippen molar-refractivity contribution in [2.75, 3.05) is 20.2 Å². The summed E-state index contributed by atoms with van der Waals surface area (Å²) in [6.07, 6.45) is 1.57. The Hall–Kier alpha value is -2.57. The minimum atomic E-state index is -0.499. The number of aromatic nitrogens is 1. The van der Waals surface area contributed by atoms with Crippen LogP contribution in [0.3, 0.4) is 0 Å². The highest BCUT2D eigenvalue weighted by atomic mass is 16.5. The van der Waals surface area contributed by atoms with Gasteiger partial charge in [0.15, 0.2) is 5.78 Å². The fraction of sp³-hybridized carbons (Fsp3) is 0.526. The van der Waals surface area contributed by atoms with Crippen LogP contribution in [0.25, 0.3) is 0 Å². The lowest BCUT2D eigenvalue weighted by Crippen LogP contribution is -2.50. The van der Waals surface area contributed by atoms with Gasteiger partial charge in [-0.3, -0.25) is 4.79 Å². The largest absolute Gasteiger partial charge is 0.464 e. The predicted molar refractivity (Wildman–Crippen MR) is 101 cm³/mol. The molecule has 2 amide bonds. The van der Waals surface area contributed by atoms with E-state index in [1.165, 1.54) is 12.0 Å². The number of methoxy groups -OCH3 is 1. The van der Waals surface area contributed by atoms with Gasteiger partial charge in [0.05, 0.1) is 13.7 Å². The first kappa shape index (κ1) is 21.5. The summed E-state index contributed by atoms with van der Waals surface area (Å²) in [4.78, 5) is 38.7. The second-order valence-electron chi connectivity index (χ2n) is 7.26. The number of carbonyl (C=O) groups excluding carboxylic acids is 3. The minimum Gasteiger partial charge on any atom is -0.464 e. The number of hydrogen-bond acceptors (Lipinski definition) is 4. The van der Waals surface area contributed by atoms with Crippen LogP contribution in [0.2, 0.25) is 0 Å². The molecule has 0 atom stereocenters. The molecule has 0 unspecified atom stereocenters. The summed E-state index contributed by atoms with van der Waals surface area (Å²) in [5, 5.41) is 2.84. The Bertz CT molecular complexity index is 726. The number of nitrogens with one attached hydrogen (secondary N) is 1. The van der Waals surface area contributed by atoms with Crippen molar-refractivity contribution in [1.29, 1.82) is 0 Å². The van der Waals surface area contributed by atoms with E-state index in [2.05, 4.69) is 11.9 Å². The fourth-order valence-corrected chi connectivity index (χ4v) is 2.80. The number of carbonyl (C=O) groups is 3. The van der Waals surface area contributed by atoms with E-state index in [9.17, 15) is 14.4 Å². The lowest BCUT2D eigenvalue weighted by Gasteiger charge is -2.27. The van der Waals surface area contributed by atoms with Crippen molar-refractivity contribution < 1.29 is 19.1 Å². The molecule has 0 aliphatic heterocycles. The molecule has 1 N–H and O–H groups in total. The van der Waals surface area contributed by atoms with E-state index >= 15 is 0 Å². The molecule has 0 bridgehead atoms. The Morgan fingerprint density at radius 1 is 1.27 bits per heavy atom. The van der Waals surface area contributed by atoms with Gasteiger partial charge in [-0.15, -0.1) is 6.58 Å². The number of esters is 1. The Balaban J connectivity index is 3.17. The molecule has 144 valence electrons. The summed E-state index contributed by atoms with van der Waals surface area (Å²) in [6.45, 7) is 12.9. The molecule has 7 heteroatoms. The van der Waals surface area contributed by atoms with Crippen molar-refractivity contribution in [3.05, 3.63) is 35.2 Å². The third-order valence-electron chi connectivity index (χ3n) is 4.04. The molecule has 26 heavy (non-hydrogen) atoms. The number of urea groups is 1. The highest BCUT2D eigenvalue weighted by Crippen LogP contribution is 2.22. The zero-order valence-corrected chi connectivity index (χ0v) is 16.7. The molecule has 0 aliphatic carbocycles. The molecule has 0 radical (unpaired) electrons. The summed E-state index contributed by atoms with van der Waals surface area (Å²) in [6, 6.07) is -0.342. The average molecular weight is 363 g/mol. The van der Waals surface area contributed by atoms with Crippen molar-refractivity contribution in [3.8, 4) is 0 Å². The summed E-state index contributed by atoms with van der Waals surface area (Å²) in [7, 11) is 3.01. The van der Waals surface area contributed by atoms with E-state index < -0.39 is 11.5 Å². The number of hydrogen-bond donors (Lipinski definition) is 1. The van der Waals surface area contributed by atoms with E-state index in [0.29, 0.717) is 22.5 Å². The van der Waals surface area contributed by atoms with E-state index in [1.807, 2.05) is 20.8 Å². The Morgan fingerprint density at radius 3 is 2.31 bits per heavy atom. The third kappa shape index (κ3) is 4.74. The van der Waals surface area contributed by atoms with Crippen LogP contribution in [-0.4, -0.2) is 53.0 Å². The standard InChI is InChI=1S/C19H29N3O4/c1-9-10-22(18(25)20-19(4,5)6)11-14(23)15-12(2)16(17(24)26-8)21(7)13(15)3/h9H,1,10-11H2,2-8H3,(H,20,25). The van der Waals surface area contributed by atoms with Gasteiger partial charge in [-0.05, 0) is 40.2 Å². The van der Waals surface area contributed by atoms with Crippen LogP contribution in [0.5, 0.6) is 0 Å². The Labute approximate surface area is 155 Å². The van der Waals surface area contributed by atoms with Gasteiger partial charge in [-0.25, -0.2) is 9.59 Å². The van der Waals surface area contributed by atoms with Gasteiger partial charge in [0.25, 0.3) is 0 Å². The van der Waals surface area contributed by atoms with Crippen molar-refractivity contribution in [2.24, 2.45) is 7.05 Å². The Kier molecular flexibility index (Phi) is 6.78. The number of nitrogens with zero attached hydrogens (tertiary/aromatic N) is 2. The van der Waals surface area contributed by atoms with Gasteiger partial charge in [0.1, 0.15) is 5.69 Å². The maximum Gasteiger partial charge on any atom is 0.354 e. The average Bonchev–Trinajstić information content (AvgIpc) is 2.74. The lowest BCUT2D eigenvalue weighted by molar-refractivity contribution is 0.0588. The number of ether oxygens (including phenoxy) is 1. The van der Waals surface area contributed by atoms with Crippen LogP contribution in [0.15, 0.2) is 12.7 Å². The predicted octanol–water partition coefficient (Wildman–Crippen LogP) is 2.61. The van der Waals surface area contributed by atoms with Gasteiger partial charge in [-0.1, -0.05) is 6.08 Å². The normalized spacial score (nSPS) is 11.0. The number of rotatable bonds is 6. The molecule has 1 heterocycles. The van der Waals surface area contributed by atoms with Gasteiger partial charge in [0.2, 0.25) is 0 Å². The van der Waals surface area contributed by atoms with Crippen molar-refractivity contribution in [1.82, 2.24) is 14.8 Å². The molecule has 0 spiro atoms. The van der Waals surface area contributed by atoms with E-state index in [0.717, 1.165) is 0 Å². The molecule has 1 aromatic heterocycles. The zero-order valence-electron chi connectivity index (χ0n) is 16.7. The number of ketones is 1. The summed E-state index contributed by atoms with van der Waals surface area (Å²) in [5.74, 6) is -0.739. The Morgan fingerprint density at radius 2 is 1.85 bits per heavy atom. The molecule has 1 rings (SSSR count). The third-order valence-corrected chi connectivity index (χ3v) is 4.04. The van der Waals surface area contributed by atoms with Crippen molar-refractivity contribution in [3.63, 3.8) is 0 Å². The van der Waals surface area contributed by atoms with Gasteiger partial charge >= 0.3 is 12.0 Å². The van der Waals surface area contributed by atoms with Crippen LogP contribution in [0.4, 0.5) is 4.79 Å². The molecule has 0 aliphatic rings. The first-order valence-corrected chi connectivity index (χ1v) is 8.40. The fourth-order valence-electron chi connectivity index (χ4n) is 2.80. The first-order valence-electron chi connectivity index (χ1n) is 8.40.